The van der Waals surface area contributed by atoms with Crippen LogP contribution in [0, 0.1) is 5.92 Å². The fourth-order valence-corrected chi connectivity index (χ4v) is 0.714. The molecule has 0 aromatic rings. The third kappa shape index (κ3) is 19.3. The molecule has 0 atom stereocenters. The van der Waals surface area contributed by atoms with Crippen molar-refractivity contribution in [2.75, 3.05) is 13.2 Å². The van der Waals surface area contributed by atoms with Crippen LogP contribution in [0.1, 0.15) is 26.2 Å². The molecule has 0 aliphatic heterocycles. The van der Waals surface area contributed by atoms with E-state index in [1.54, 1.807) is 0 Å². The number of aliphatic hydroxyl groups excluding tert-OH is 2. The lowest BCUT2D eigenvalue weighted by molar-refractivity contribution is -0.147. The second-order valence-corrected chi connectivity index (χ2v) is 3.09. The van der Waals surface area contributed by atoms with Gasteiger partial charge in [0.2, 0.25) is 0 Å². The van der Waals surface area contributed by atoms with Crippen LogP contribution in [0.2, 0.25) is 0 Å². The minimum Gasteiger partial charge on any atom is -0.481 e. The average molecular weight is 222 g/mol. The number of hydrogen-bond donors (Lipinski definition) is 4. The van der Waals surface area contributed by atoms with Crippen molar-refractivity contribution < 1.29 is 30.0 Å². The van der Waals surface area contributed by atoms with Crippen molar-refractivity contribution in [3.8, 4) is 0 Å². The third-order valence-corrected chi connectivity index (χ3v) is 1.55. The van der Waals surface area contributed by atoms with Gasteiger partial charge in [-0.25, -0.2) is 0 Å². The SMILES string of the molecule is CC(CCO)CCO.O=C(O)CC(=O)O. The Hall–Kier alpha value is -1.14. The Morgan fingerprint density at radius 3 is 1.47 bits per heavy atom. The van der Waals surface area contributed by atoms with Crippen LogP contribution in [0.15, 0.2) is 0 Å². The number of aliphatic carboxylic acids is 2. The van der Waals surface area contributed by atoms with Gasteiger partial charge in [-0.3, -0.25) is 9.59 Å². The van der Waals surface area contributed by atoms with Gasteiger partial charge in [-0.15, -0.1) is 0 Å². The van der Waals surface area contributed by atoms with Gasteiger partial charge in [0, 0.05) is 13.2 Å². The first kappa shape index (κ1) is 16.3. The van der Waals surface area contributed by atoms with Gasteiger partial charge >= 0.3 is 11.9 Å². The maximum atomic E-state index is 9.43. The zero-order chi connectivity index (χ0) is 12.3. The van der Waals surface area contributed by atoms with E-state index in [9.17, 15) is 9.59 Å². The van der Waals surface area contributed by atoms with E-state index in [1.165, 1.54) is 0 Å². The first-order chi connectivity index (χ1) is 6.93. The van der Waals surface area contributed by atoms with E-state index in [0.29, 0.717) is 5.92 Å². The van der Waals surface area contributed by atoms with Gasteiger partial charge in [-0.1, -0.05) is 6.92 Å². The molecule has 6 nitrogen and oxygen atoms in total. The Labute approximate surface area is 88.2 Å². The number of carbonyl (C=O) groups is 2. The molecule has 0 amide bonds. The van der Waals surface area contributed by atoms with Crippen molar-refractivity contribution in [3.05, 3.63) is 0 Å². The Morgan fingerprint density at radius 2 is 1.33 bits per heavy atom. The van der Waals surface area contributed by atoms with Crippen LogP contribution in [0.25, 0.3) is 0 Å². The first-order valence-electron chi connectivity index (χ1n) is 4.59. The van der Waals surface area contributed by atoms with Crippen molar-refractivity contribution in [2.45, 2.75) is 26.2 Å². The van der Waals surface area contributed by atoms with Crippen molar-refractivity contribution in [2.24, 2.45) is 5.92 Å². The van der Waals surface area contributed by atoms with E-state index < -0.39 is 18.4 Å². The molecule has 0 heterocycles. The molecule has 0 aliphatic rings. The maximum Gasteiger partial charge on any atom is 0.314 e. The molecular formula is C9H18O6. The van der Waals surface area contributed by atoms with Gasteiger partial charge in [0.05, 0.1) is 0 Å². The standard InChI is InChI=1S/C6H14O2.C3H4O4/c1-6(2-4-7)3-5-8;4-2(5)1-3(6)7/h6-8H,2-5H2,1H3;1H2,(H,4,5)(H,6,7). The van der Waals surface area contributed by atoms with Gasteiger partial charge in [0.25, 0.3) is 0 Å². The summed E-state index contributed by atoms with van der Waals surface area (Å²) in [6.07, 6.45) is 0.807. The van der Waals surface area contributed by atoms with Crippen LogP contribution in [0.5, 0.6) is 0 Å². The Bertz CT molecular complexity index is 161. The molecule has 0 radical (unpaired) electrons. The molecule has 0 aromatic heterocycles. The summed E-state index contributed by atoms with van der Waals surface area (Å²) >= 11 is 0. The van der Waals surface area contributed by atoms with E-state index in [-0.39, 0.29) is 13.2 Å². The summed E-state index contributed by atoms with van der Waals surface area (Å²) < 4.78 is 0. The molecule has 0 saturated carbocycles. The van der Waals surface area contributed by atoms with Gasteiger partial charge in [0.1, 0.15) is 6.42 Å². The van der Waals surface area contributed by atoms with Gasteiger partial charge in [-0.05, 0) is 18.8 Å². The van der Waals surface area contributed by atoms with Gasteiger partial charge in [-0.2, -0.15) is 0 Å². The number of hydrogen-bond acceptors (Lipinski definition) is 4. The summed E-state index contributed by atoms with van der Waals surface area (Å²) in [6.45, 7) is 2.49. The minimum absolute atomic E-state index is 0.237. The summed E-state index contributed by atoms with van der Waals surface area (Å²) in [5.74, 6) is -2.16. The zero-order valence-electron chi connectivity index (χ0n) is 8.72. The summed E-state index contributed by atoms with van der Waals surface area (Å²) in [5.41, 5.74) is 0. The highest BCUT2D eigenvalue weighted by molar-refractivity contribution is 5.88. The summed E-state index contributed by atoms with van der Waals surface area (Å²) in [7, 11) is 0. The predicted octanol–water partition coefficient (Wildman–Crippen LogP) is -0.0670. The van der Waals surface area contributed by atoms with E-state index in [1.807, 2.05) is 6.92 Å². The van der Waals surface area contributed by atoms with E-state index in [0.717, 1.165) is 12.8 Å². The second kappa shape index (κ2) is 10.9. The van der Waals surface area contributed by atoms with Crippen molar-refractivity contribution in [3.63, 3.8) is 0 Å². The predicted molar refractivity (Wildman–Crippen MR) is 52.5 cm³/mol. The van der Waals surface area contributed by atoms with Crippen LogP contribution < -0.4 is 0 Å². The van der Waals surface area contributed by atoms with Crippen LogP contribution in [-0.4, -0.2) is 45.6 Å². The van der Waals surface area contributed by atoms with Crippen LogP contribution >= 0.6 is 0 Å². The largest absolute Gasteiger partial charge is 0.481 e. The molecule has 4 N–H and O–H groups in total. The lowest BCUT2D eigenvalue weighted by Crippen LogP contribution is -2.03. The molecule has 0 unspecified atom stereocenters. The molecule has 0 spiro atoms. The molecule has 15 heavy (non-hydrogen) atoms. The Morgan fingerprint density at radius 1 is 1.00 bits per heavy atom. The van der Waals surface area contributed by atoms with Crippen molar-refractivity contribution >= 4 is 11.9 Å². The lowest BCUT2D eigenvalue weighted by Gasteiger charge is -2.04. The number of aliphatic hydroxyl groups is 2. The second-order valence-electron chi connectivity index (χ2n) is 3.09. The highest BCUT2D eigenvalue weighted by Gasteiger charge is 2.01. The molecular weight excluding hydrogens is 204 g/mol. The van der Waals surface area contributed by atoms with Crippen LogP contribution in [0.3, 0.4) is 0 Å². The highest BCUT2D eigenvalue weighted by Crippen LogP contribution is 2.03. The van der Waals surface area contributed by atoms with Crippen molar-refractivity contribution in [1.29, 1.82) is 0 Å². The van der Waals surface area contributed by atoms with Gasteiger partial charge < -0.3 is 20.4 Å². The smallest absolute Gasteiger partial charge is 0.314 e. The summed E-state index contributed by atoms with van der Waals surface area (Å²) in [4.78, 5) is 18.9. The number of rotatable bonds is 6. The molecule has 0 fully saturated rings. The molecule has 0 saturated heterocycles. The summed E-state index contributed by atoms with van der Waals surface area (Å²) in [6, 6.07) is 0. The molecule has 0 aliphatic carbocycles. The number of carboxylic acid groups (broad SMARTS) is 2. The summed E-state index contributed by atoms with van der Waals surface area (Å²) in [5, 5.41) is 32.2. The molecule has 0 aromatic carbocycles. The third-order valence-electron chi connectivity index (χ3n) is 1.55. The zero-order valence-corrected chi connectivity index (χ0v) is 8.72. The maximum absolute atomic E-state index is 9.43. The Kier molecular flexibility index (Phi) is 11.9. The molecule has 6 heteroatoms. The first-order valence-corrected chi connectivity index (χ1v) is 4.59. The average Bonchev–Trinajstić information content (AvgIpc) is 2.03. The minimum atomic E-state index is -1.31. The normalized spacial score (nSPS) is 9.33. The van der Waals surface area contributed by atoms with E-state index >= 15 is 0 Å². The van der Waals surface area contributed by atoms with Crippen LogP contribution in [-0.2, 0) is 9.59 Å². The number of carboxylic acids is 2. The monoisotopic (exact) mass is 222 g/mol. The van der Waals surface area contributed by atoms with E-state index in [2.05, 4.69) is 0 Å². The lowest BCUT2D eigenvalue weighted by atomic mass is 10.1. The van der Waals surface area contributed by atoms with E-state index in [4.69, 9.17) is 20.4 Å². The Balaban J connectivity index is 0. The quantitative estimate of drug-likeness (QED) is 0.468. The van der Waals surface area contributed by atoms with Gasteiger partial charge in [0.15, 0.2) is 0 Å². The highest BCUT2D eigenvalue weighted by atomic mass is 16.4. The molecule has 0 bridgehead atoms. The van der Waals surface area contributed by atoms with Crippen LogP contribution in [0.4, 0.5) is 0 Å². The molecule has 0 rings (SSSR count). The fraction of sp³-hybridized carbons (Fsp3) is 0.778. The fourth-order valence-electron chi connectivity index (χ4n) is 0.714. The van der Waals surface area contributed by atoms with Crippen molar-refractivity contribution in [1.82, 2.24) is 0 Å². The topological polar surface area (TPSA) is 115 Å². The molecule has 90 valence electrons.